The molecule has 0 fully saturated rings. The second kappa shape index (κ2) is 17.5. The van der Waals surface area contributed by atoms with Gasteiger partial charge in [0.2, 0.25) is 29.5 Å². The Balaban J connectivity index is 3.24. The van der Waals surface area contributed by atoms with E-state index >= 15 is 0 Å². The number of carbonyl (C=O) groups is 6. The number of hydrogen-bond donors (Lipinski definition) is 8. The number of carbonyl (C=O) groups excluding carboxylic acids is 5. The molecule has 5 amide bonds. The summed E-state index contributed by atoms with van der Waals surface area (Å²) >= 11 is 0. The van der Waals surface area contributed by atoms with E-state index in [0.29, 0.717) is 31.4 Å². The van der Waals surface area contributed by atoms with Crippen molar-refractivity contribution in [3.05, 3.63) is 29.8 Å². The molecule has 0 spiro atoms. The summed E-state index contributed by atoms with van der Waals surface area (Å²) in [6.45, 7) is 4.99. The predicted molar refractivity (Wildman–Crippen MR) is 149 cm³/mol. The highest BCUT2D eigenvalue weighted by Gasteiger charge is 2.33. The lowest BCUT2D eigenvalue weighted by atomic mass is 9.96. The van der Waals surface area contributed by atoms with Gasteiger partial charge in [-0.05, 0) is 49.4 Å². The monoisotopic (exact) mass is 578 g/mol. The number of rotatable bonds is 18. The van der Waals surface area contributed by atoms with E-state index in [9.17, 15) is 33.9 Å². The fourth-order valence-corrected chi connectivity index (χ4v) is 3.97. The summed E-state index contributed by atoms with van der Waals surface area (Å²) in [6.07, 6.45) is 1.10. The normalized spacial score (nSPS) is 14.4. The van der Waals surface area contributed by atoms with E-state index < -0.39 is 72.0 Å². The first-order valence-corrected chi connectivity index (χ1v) is 13.5. The number of primary amides is 1. The molecule has 0 unspecified atom stereocenters. The number of phenols is 1. The fourth-order valence-electron chi connectivity index (χ4n) is 3.97. The van der Waals surface area contributed by atoms with Gasteiger partial charge in [-0.15, -0.1) is 0 Å². The number of carboxylic acid groups (broad SMARTS) is 1. The molecule has 0 aliphatic carbocycles. The van der Waals surface area contributed by atoms with Crippen LogP contribution in [0, 0.1) is 5.92 Å². The van der Waals surface area contributed by atoms with Crippen LogP contribution in [0.2, 0.25) is 0 Å². The Labute approximate surface area is 239 Å². The van der Waals surface area contributed by atoms with Crippen LogP contribution in [-0.2, 0) is 35.2 Å². The van der Waals surface area contributed by atoms with Crippen LogP contribution in [0.1, 0.15) is 58.4 Å². The first-order valence-electron chi connectivity index (χ1n) is 13.5. The van der Waals surface area contributed by atoms with Crippen molar-refractivity contribution in [1.29, 1.82) is 0 Å². The maximum absolute atomic E-state index is 13.5. The summed E-state index contributed by atoms with van der Waals surface area (Å²) in [4.78, 5) is 74.4. The second-order valence-electron chi connectivity index (χ2n) is 9.90. The quantitative estimate of drug-likeness (QED) is 0.0997. The predicted octanol–water partition coefficient (Wildman–Crippen LogP) is -0.971. The number of aromatic hydroxyl groups is 1. The zero-order valence-corrected chi connectivity index (χ0v) is 23.6. The number of nitrogens with one attached hydrogen (secondary N) is 4. The van der Waals surface area contributed by atoms with Crippen LogP contribution in [0.15, 0.2) is 24.3 Å². The molecule has 0 aliphatic rings. The molecular weight excluding hydrogens is 536 g/mol. The molecule has 10 N–H and O–H groups in total. The van der Waals surface area contributed by atoms with E-state index in [1.54, 1.807) is 26.0 Å². The Bertz CT molecular complexity index is 1050. The average molecular weight is 579 g/mol. The molecule has 0 radical (unpaired) electrons. The lowest BCUT2D eigenvalue weighted by Crippen LogP contribution is -2.60. The number of amides is 5. The van der Waals surface area contributed by atoms with Crippen LogP contribution in [0.3, 0.4) is 0 Å². The first-order chi connectivity index (χ1) is 19.3. The largest absolute Gasteiger partial charge is 0.508 e. The van der Waals surface area contributed by atoms with Gasteiger partial charge in [0.1, 0.15) is 29.9 Å². The number of nitrogens with two attached hydrogens (primary N) is 2. The van der Waals surface area contributed by atoms with Crippen molar-refractivity contribution < 1.29 is 39.0 Å². The number of phenolic OH excluding ortho intramolecular Hbond substituents is 1. The SMILES string of the molecule is CC[C@H](C)[C@H](NC(=O)[C@H](CC(=O)O)NC(C)=O)C(=O)N[C@@H](Cc1ccc(O)cc1)C(=O)N[C@@H](CCCCN)C(N)=O. The standard InChI is InChI=1S/C27H42N6O8/c1-4-15(2)23(33-26(40)21(14-22(36)37)30-16(3)34)27(41)32-20(13-17-8-10-18(35)11-9-17)25(39)31-19(24(29)38)7-5-6-12-28/h8-11,15,19-21,23,35H,4-7,12-14,28H2,1-3H3,(H2,29,38)(H,30,34)(H,31,39)(H,32,41)(H,33,40)(H,36,37)/t15-,19-,20-,21-,23-/m0/s1. The minimum Gasteiger partial charge on any atom is -0.508 e. The Morgan fingerprint density at radius 2 is 1.44 bits per heavy atom. The fraction of sp³-hybridized carbons (Fsp3) is 0.556. The topological polar surface area (TPSA) is 243 Å². The highest BCUT2D eigenvalue weighted by molar-refractivity contribution is 5.96. The third kappa shape index (κ3) is 12.7. The number of hydrogen-bond acceptors (Lipinski definition) is 8. The van der Waals surface area contributed by atoms with Gasteiger partial charge in [0, 0.05) is 13.3 Å². The van der Waals surface area contributed by atoms with Gasteiger partial charge in [0.05, 0.1) is 6.42 Å². The van der Waals surface area contributed by atoms with Crippen molar-refractivity contribution in [3.63, 3.8) is 0 Å². The molecule has 14 heteroatoms. The smallest absolute Gasteiger partial charge is 0.305 e. The van der Waals surface area contributed by atoms with Crippen molar-refractivity contribution in [2.75, 3.05) is 6.54 Å². The molecule has 0 heterocycles. The van der Waals surface area contributed by atoms with E-state index in [-0.39, 0.29) is 18.6 Å². The van der Waals surface area contributed by atoms with Crippen molar-refractivity contribution in [1.82, 2.24) is 21.3 Å². The summed E-state index contributed by atoms with van der Waals surface area (Å²) in [7, 11) is 0. The number of unbranched alkanes of at least 4 members (excludes halogenated alkanes) is 1. The van der Waals surface area contributed by atoms with E-state index in [1.165, 1.54) is 12.1 Å². The van der Waals surface area contributed by atoms with Crippen LogP contribution in [-0.4, -0.2) is 76.4 Å². The average Bonchev–Trinajstić information content (AvgIpc) is 2.90. The van der Waals surface area contributed by atoms with Crippen LogP contribution < -0.4 is 32.7 Å². The number of carboxylic acids is 1. The van der Waals surface area contributed by atoms with Gasteiger partial charge in [-0.2, -0.15) is 0 Å². The molecule has 0 aliphatic heterocycles. The molecular formula is C27H42N6O8. The summed E-state index contributed by atoms with van der Waals surface area (Å²) < 4.78 is 0. The summed E-state index contributed by atoms with van der Waals surface area (Å²) in [6, 6.07) is 1.12. The van der Waals surface area contributed by atoms with Gasteiger partial charge in [-0.1, -0.05) is 32.4 Å². The van der Waals surface area contributed by atoms with Crippen LogP contribution in [0.25, 0.3) is 0 Å². The molecule has 5 atom stereocenters. The Hall–Kier alpha value is -4.20. The molecule has 1 aromatic rings. The van der Waals surface area contributed by atoms with Gasteiger partial charge in [-0.25, -0.2) is 0 Å². The lowest BCUT2D eigenvalue weighted by Gasteiger charge is -2.28. The van der Waals surface area contributed by atoms with Crippen molar-refractivity contribution in [2.45, 2.75) is 83.5 Å². The molecule has 1 aromatic carbocycles. The summed E-state index contributed by atoms with van der Waals surface area (Å²) in [5.74, 6) is -5.47. The Morgan fingerprint density at radius 3 is 1.95 bits per heavy atom. The Morgan fingerprint density at radius 1 is 0.854 bits per heavy atom. The lowest BCUT2D eigenvalue weighted by molar-refractivity contribution is -0.141. The van der Waals surface area contributed by atoms with Crippen molar-refractivity contribution in [3.8, 4) is 5.75 Å². The maximum Gasteiger partial charge on any atom is 0.305 e. The third-order valence-corrected chi connectivity index (χ3v) is 6.48. The summed E-state index contributed by atoms with van der Waals surface area (Å²) in [5, 5.41) is 28.7. The van der Waals surface area contributed by atoms with Gasteiger partial charge >= 0.3 is 5.97 Å². The van der Waals surface area contributed by atoms with Gasteiger partial charge in [0.15, 0.2) is 0 Å². The highest BCUT2D eigenvalue weighted by atomic mass is 16.4. The molecule has 14 nitrogen and oxygen atoms in total. The maximum atomic E-state index is 13.5. The Kier molecular flexibility index (Phi) is 14.8. The molecule has 0 aromatic heterocycles. The van der Waals surface area contributed by atoms with E-state index in [4.69, 9.17) is 16.6 Å². The van der Waals surface area contributed by atoms with Gasteiger partial charge in [0.25, 0.3) is 0 Å². The molecule has 1 rings (SSSR count). The molecule has 228 valence electrons. The van der Waals surface area contributed by atoms with Crippen molar-refractivity contribution >= 4 is 35.5 Å². The van der Waals surface area contributed by atoms with Crippen molar-refractivity contribution in [2.24, 2.45) is 17.4 Å². The van der Waals surface area contributed by atoms with Gasteiger partial charge in [-0.3, -0.25) is 28.8 Å². The highest BCUT2D eigenvalue weighted by Crippen LogP contribution is 2.14. The molecule has 0 saturated carbocycles. The first kappa shape index (κ1) is 34.8. The van der Waals surface area contributed by atoms with E-state index in [0.717, 1.165) is 6.92 Å². The summed E-state index contributed by atoms with van der Waals surface area (Å²) in [5.41, 5.74) is 11.6. The third-order valence-electron chi connectivity index (χ3n) is 6.48. The number of benzene rings is 1. The van der Waals surface area contributed by atoms with E-state index in [2.05, 4.69) is 21.3 Å². The number of aliphatic carboxylic acids is 1. The zero-order chi connectivity index (χ0) is 31.1. The minimum atomic E-state index is -1.43. The zero-order valence-electron chi connectivity index (χ0n) is 23.6. The van der Waals surface area contributed by atoms with Gasteiger partial charge < -0.3 is 42.9 Å². The molecule has 0 saturated heterocycles. The molecule has 0 bridgehead atoms. The van der Waals surface area contributed by atoms with Crippen LogP contribution in [0.5, 0.6) is 5.75 Å². The molecule has 41 heavy (non-hydrogen) atoms. The minimum absolute atomic E-state index is 0.00196. The second-order valence-corrected chi connectivity index (χ2v) is 9.90. The van der Waals surface area contributed by atoms with Crippen LogP contribution in [0.4, 0.5) is 0 Å². The van der Waals surface area contributed by atoms with E-state index in [1.807, 2.05) is 0 Å². The van der Waals surface area contributed by atoms with Crippen LogP contribution >= 0.6 is 0 Å².